The van der Waals surface area contributed by atoms with E-state index in [0.29, 0.717) is 18.8 Å². The van der Waals surface area contributed by atoms with Gasteiger partial charge in [-0.15, -0.1) is 0 Å². The monoisotopic (exact) mass is 345 g/mol. The molecule has 1 unspecified atom stereocenters. The number of carbonyl (C=O) groups excluding carboxylic acids is 1. The SMILES string of the molecule is O=C(NCC1CCCO1)c1ccc(NCc2ccc(Cl)cc2)cn1. The van der Waals surface area contributed by atoms with E-state index in [-0.39, 0.29) is 12.0 Å². The number of amides is 1. The normalized spacial score (nSPS) is 16.8. The molecule has 0 aliphatic carbocycles. The van der Waals surface area contributed by atoms with Crippen molar-refractivity contribution < 1.29 is 9.53 Å². The third-order valence-corrected chi connectivity index (χ3v) is 4.17. The second-order valence-corrected chi connectivity index (χ2v) is 6.19. The molecule has 0 bridgehead atoms. The number of ether oxygens (including phenoxy) is 1. The first-order chi connectivity index (χ1) is 11.7. The maximum atomic E-state index is 12.1. The molecule has 1 saturated heterocycles. The van der Waals surface area contributed by atoms with Crippen LogP contribution in [0.5, 0.6) is 0 Å². The minimum absolute atomic E-state index is 0.134. The highest BCUT2D eigenvalue weighted by atomic mass is 35.5. The lowest BCUT2D eigenvalue weighted by Crippen LogP contribution is -2.32. The highest BCUT2D eigenvalue weighted by molar-refractivity contribution is 6.30. The maximum Gasteiger partial charge on any atom is 0.269 e. The topological polar surface area (TPSA) is 63.2 Å². The Morgan fingerprint density at radius 1 is 1.25 bits per heavy atom. The largest absolute Gasteiger partial charge is 0.380 e. The molecule has 3 rings (SSSR count). The molecule has 1 aromatic carbocycles. The van der Waals surface area contributed by atoms with Crippen molar-refractivity contribution in [2.75, 3.05) is 18.5 Å². The van der Waals surface area contributed by atoms with E-state index in [9.17, 15) is 4.79 Å². The fourth-order valence-corrected chi connectivity index (χ4v) is 2.67. The van der Waals surface area contributed by atoms with Gasteiger partial charge in [-0.05, 0) is 42.7 Å². The van der Waals surface area contributed by atoms with Crippen molar-refractivity contribution in [3.8, 4) is 0 Å². The molecule has 2 heterocycles. The molecule has 1 amide bonds. The van der Waals surface area contributed by atoms with Crippen LogP contribution in [0.1, 0.15) is 28.9 Å². The molecule has 1 aliphatic rings. The molecule has 2 aromatic rings. The quantitative estimate of drug-likeness (QED) is 0.843. The van der Waals surface area contributed by atoms with Gasteiger partial charge in [0.2, 0.25) is 0 Å². The molecule has 6 heteroatoms. The van der Waals surface area contributed by atoms with E-state index in [4.69, 9.17) is 16.3 Å². The average molecular weight is 346 g/mol. The number of rotatable bonds is 6. The van der Waals surface area contributed by atoms with Crippen LogP contribution in [0.25, 0.3) is 0 Å². The van der Waals surface area contributed by atoms with E-state index >= 15 is 0 Å². The van der Waals surface area contributed by atoms with Crippen molar-refractivity contribution in [1.29, 1.82) is 0 Å². The lowest BCUT2D eigenvalue weighted by atomic mass is 10.2. The summed E-state index contributed by atoms with van der Waals surface area (Å²) in [7, 11) is 0. The van der Waals surface area contributed by atoms with Gasteiger partial charge in [0.05, 0.1) is 18.0 Å². The zero-order valence-corrected chi connectivity index (χ0v) is 14.1. The van der Waals surface area contributed by atoms with Crippen molar-refractivity contribution in [2.45, 2.75) is 25.5 Å². The number of nitrogens with one attached hydrogen (secondary N) is 2. The molecule has 126 valence electrons. The second kappa shape index (κ2) is 8.13. The summed E-state index contributed by atoms with van der Waals surface area (Å²) in [5.41, 5.74) is 2.39. The van der Waals surface area contributed by atoms with Gasteiger partial charge in [0.25, 0.3) is 5.91 Å². The first-order valence-corrected chi connectivity index (χ1v) is 8.43. The van der Waals surface area contributed by atoms with Crippen LogP contribution in [0.2, 0.25) is 5.02 Å². The Kier molecular flexibility index (Phi) is 5.67. The second-order valence-electron chi connectivity index (χ2n) is 5.76. The minimum atomic E-state index is -0.172. The Hall–Kier alpha value is -2.11. The molecular formula is C18H20ClN3O2. The number of anilines is 1. The number of benzene rings is 1. The number of pyridine rings is 1. The Bertz CT molecular complexity index is 668. The van der Waals surface area contributed by atoms with Crippen molar-refractivity contribution >= 4 is 23.2 Å². The average Bonchev–Trinajstić information content (AvgIpc) is 3.13. The van der Waals surface area contributed by atoms with Gasteiger partial charge in [-0.3, -0.25) is 4.79 Å². The molecule has 0 radical (unpaired) electrons. The van der Waals surface area contributed by atoms with Gasteiger partial charge in [-0.1, -0.05) is 23.7 Å². The van der Waals surface area contributed by atoms with Crippen LogP contribution in [-0.4, -0.2) is 30.1 Å². The highest BCUT2D eigenvalue weighted by Gasteiger charge is 2.17. The van der Waals surface area contributed by atoms with Gasteiger partial charge in [-0.2, -0.15) is 0 Å². The van der Waals surface area contributed by atoms with Crippen LogP contribution >= 0.6 is 11.6 Å². The van der Waals surface area contributed by atoms with Crippen molar-refractivity contribution in [1.82, 2.24) is 10.3 Å². The van der Waals surface area contributed by atoms with Crippen LogP contribution in [0.15, 0.2) is 42.6 Å². The molecule has 0 spiro atoms. The van der Waals surface area contributed by atoms with Crippen LogP contribution in [0.4, 0.5) is 5.69 Å². The van der Waals surface area contributed by atoms with Crippen LogP contribution in [0, 0.1) is 0 Å². The fraction of sp³-hybridized carbons (Fsp3) is 0.333. The first kappa shape index (κ1) is 16.7. The summed E-state index contributed by atoms with van der Waals surface area (Å²) >= 11 is 5.87. The zero-order valence-electron chi connectivity index (χ0n) is 13.3. The minimum Gasteiger partial charge on any atom is -0.380 e. The molecule has 24 heavy (non-hydrogen) atoms. The molecule has 0 saturated carbocycles. The fourth-order valence-electron chi connectivity index (χ4n) is 2.54. The Balaban J connectivity index is 1.48. The molecule has 1 atom stereocenters. The van der Waals surface area contributed by atoms with E-state index < -0.39 is 0 Å². The van der Waals surface area contributed by atoms with Gasteiger partial charge in [0.15, 0.2) is 0 Å². The summed E-state index contributed by atoms with van der Waals surface area (Å²) < 4.78 is 5.49. The number of hydrogen-bond acceptors (Lipinski definition) is 4. The first-order valence-electron chi connectivity index (χ1n) is 8.05. The standard InChI is InChI=1S/C18H20ClN3O2/c19-14-5-3-13(4-6-14)10-20-15-7-8-17(21-11-15)18(23)22-12-16-2-1-9-24-16/h3-8,11,16,20H,1-2,9-10,12H2,(H,22,23). The zero-order chi connectivity index (χ0) is 16.8. The number of nitrogens with zero attached hydrogens (tertiary/aromatic N) is 1. The molecule has 1 aliphatic heterocycles. The van der Waals surface area contributed by atoms with Crippen LogP contribution in [-0.2, 0) is 11.3 Å². The van der Waals surface area contributed by atoms with Gasteiger partial charge in [0.1, 0.15) is 5.69 Å². The van der Waals surface area contributed by atoms with Crippen molar-refractivity contribution in [3.05, 3.63) is 58.9 Å². The summed E-state index contributed by atoms with van der Waals surface area (Å²) in [4.78, 5) is 16.3. The molecule has 1 fully saturated rings. The maximum absolute atomic E-state index is 12.1. The van der Waals surface area contributed by atoms with Crippen molar-refractivity contribution in [3.63, 3.8) is 0 Å². The van der Waals surface area contributed by atoms with E-state index in [1.165, 1.54) is 0 Å². The Labute approximate surface area is 146 Å². The van der Waals surface area contributed by atoms with E-state index in [0.717, 1.165) is 35.7 Å². The molecule has 2 N–H and O–H groups in total. The van der Waals surface area contributed by atoms with Crippen LogP contribution in [0.3, 0.4) is 0 Å². The molecular weight excluding hydrogens is 326 g/mol. The third kappa shape index (κ3) is 4.69. The van der Waals surface area contributed by atoms with Crippen LogP contribution < -0.4 is 10.6 Å². The van der Waals surface area contributed by atoms with Gasteiger partial charge in [0, 0.05) is 24.7 Å². The lowest BCUT2D eigenvalue weighted by Gasteiger charge is -2.11. The summed E-state index contributed by atoms with van der Waals surface area (Å²) in [5, 5.41) is 6.85. The van der Waals surface area contributed by atoms with E-state index in [1.54, 1.807) is 12.3 Å². The van der Waals surface area contributed by atoms with E-state index in [2.05, 4.69) is 15.6 Å². The lowest BCUT2D eigenvalue weighted by molar-refractivity contribution is 0.0854. The van der Waals surface area contributed by atoms with Crippen molar-refractivity contribution in [2.24, 2.45) is 0 Å². The summed E-state index contributed by atoms with van der Waals surface area (Å²) in [6.07, 6.45) is 3.86. The Morgan fingerprint density at radius 3 is 2.75 bits per heavy atom. The van der Waals surface area contributed by atoms with Gasteiger partial charge < -0.3 is 15.4 Å². The van der Waals surface area contributed by atoms with Gasteiger partial charge >= 0.3 is 0 Å². The summed E-state index contributed by atoms with van der Waals surface area (Å²) in [5.74, 6) is -0.172. The summed E-state index contributed by atoms with van der Waals surface area (Å²) in [6, 6.07) is 11.2. The number of halogens is 1. The van der Waals surface area contributed by atoms with Gasteiger partial charge in [-0.25, -0.2) is 4.98 Å². The number of carbonyl (C=O) groups is 1. The molecule has 1 aromatic heterocycles. The third-order valence-electron chi connectivity index (χ3n) is 3.92. The Morgan fingerprint density at radius 2 is 2.08 bits per heavy atom. The predicted molar refractivity (Wildman–Crippen MR) is 94.3 cm³/mol. The highest BCUT2D eigenvalue weighted by Crippen LogP contribution is 2.13. The van der Waals surface area contributed by atoms with E-state index in [1.807, 2.05) is 30.3 Å². The number of aromatic nitrogens is 1. The summed E-state index contributed by atoms with van der Waals surface area (Å²) in [6.45, 7) is 1.99. The molecule has 5 nitrogen and oxygen atoms in total. The number of hydrogen-bond donors (Lipinski definition) is 2. The smallest absolute Gasteiger partial charge is 0.269 e. The predicted octanol–water partition coefficient (Wildman–Crippen LogP) is 3.26.